The molecule has 1 saturated heterocycles. The Labute approximate surface area is 154 Å². The lowest BCUT2D eigenvalue weighted by Gasteiger charge is -2.34. The summed E-state index contributed by atoms with van der Waals surface area (Å²) in [6, 6.07) is 13.9. The first kappa shape index (κ1) is 16.7. The maximum absolute atomic E-state index is 12.8. The minimum absolute atomic E-state index is 0.0398. The van der Waals surface area contributed by atoms with Gasteiger partial charge in [0.1, 0.15) is 18.6 Å². The van der Waals surface area contributed by atoms with E-state index >= 15 is 0 Å². The van der Waals surface area contributed by atoms with Crippen molar-refractivity contribution in [2.45, 2.75) is 0 Å². The Morgan fingerprint density at radius 2 is 1.85 bits per heavy atom. The van der Waals surface area contributed by atoms with E-state index in [1.807, 2.05) is 30.3 Å². The molecular weight excluding hydrogens is 348 g/mol. The first-order valence-corrected chi connectivity index (χ1v) is 8.34. The van der Waals surface area contributed by atoms with E-state index in [4.69, 9.17) is 0 Å². The fourth-order valence-corrected chi connectivity index (χ4v) is 3.02. The number of phenolic OH excluding ortho intramolecular Hbond substituents is 1. The molecule has 27 heavy (non-hydrogen) atoms. The van der Waals surface area contributed by atoms with Crippen molar-refractivity contribution >= 4 is 17.5 Å². The van der Waals surface area contributed by atoms with Crippen molar-refractivity contribution in [2.75, 3.05) is 24.5 Å². The second kappa shape index (κ2) is 6.87. The van der Waals surface area contributed by atoms with Crippen molar-refractivity contribution < 1.29 is 14.7 Å². The smallest absolute Gasteiger partial charge is 0.258 e. The number of anilines is 1. The number of hydrogen-bond acceptors (Lipinski definition) is 6. The summed E-state index contributed by atoms with van der Waals surface area (Å²) >= 11 is 0. The van der Waals surface area contributed by atoms with Gasteiger partial charge < -0.3 is 14.9 Å². The summed E-state index contributed by atoms with van der Waals surface area (Å²) in [6.07, 6.45) is 1.39. The molecule has 2 aromatic carbocycles. The highest BCUT2D eigenvalue weighted by atomic mass is 16.3. The summed E-state index contributed by atoms with van der Waals surface area (Å²) in [5.74, 6) is -0.742. The predicted molar refractivity (Wildman–Crippen MR) is 95.5 cm³/mol. The molecule has 1 aliphatic heterocycles. The molecule has 0 atom stereocenters. The fourth-order valence-electron chi connectivity index (χ4n) is 3.02. The van der Waals surface area contributed by atoms with E-state index in [0.29, 0.717) is 18.8 Å². The van der Waals surface area contributed by atoms with Crippen molar-refractivity contribution in [3.63, 3.8) is 0 Å². The Morgan fingerprint density at radius 3 is 2.52 bits per heavy atom. The van der Waals surface area contributed by atoms with Crippen molar-refractivity contribution in [1.29, 1.82) is 0 Å². The SMILES string of the molecule is O=C(c1ccc(-n2cnnn2)cc1O)N1CCN(c2ccccc2)C(=O)C1. The van der Waals surface area contributed by atoms with E-state index < -0.39 is 5.91 Å². The maximum atomic E-state index is 12.8. The molecule has 136 valence electrons. The molecule has 0 saturated carbocycles. The Bertz CT molecular complexity index is 974. The van der Waals surface area contributed by atoms with E-state index in [9.17, 15) is 14.7 Å². The van der Waals surface area contributed by atoms with Gasteiger partial charge in [0.15, 0.2) is 0 Å². The van der Waals surface area contributed by atoms with E-state index in [0.717, 1.165) is 5.69 Å². The van der Waals surface area contributed by atoms with Crippen LogP contribution in [-0.4, -0.2) is 61.7 Å². The summed E-state index contributed by atoms with van der Waals surface area (Å²) in [4.78, 5) is 28.3. The number of piperazine rings is 1. The van der Waals surface area contributed by atoms with E-state index in [2.05, 4.69) is 15.5 Å². The number of tetrazole rings is 1. The van der Waals surface area contributed by atoms with Crippen LogP contribution in [0, 0.1) is 0 Å². The predicted octanol–water partition coefficient (Wildman–Crippen LogP) is 0.857. The molecule has 9 heteroatoms. The number of hydrogen-bond donors (Lipinski definition) is 1. The van der Waals surface area contributed by atoms with Gasteiger partial charge in [-0.25, -0.2) is 4.68 Å². The Hall–Kier alpha value is -3.75. The van der Waals surface area contributed by atoms with Crippen molar-refractivity contribution in [3.8, 4) is 11.4 Å². The van der Waals surface area contributed by atoms with Gasteiger partial charge in [-0.05, 0) is 34.7 Å². The summed E-state index contributed by atoms with van der Waals surface area (Å²) in [7, 11) is 0. The van der Waals surface area contributed by atoms with Gasteiger partial charge in [0.05, 0.1) is 11.3 Å². The van der Waals surface area contributed by atoms with Crippen LogP contribution in [0.5, 0.6) is 5.75 Å². The topological polar surface area (TPSA) is 104 Å². The first-order chi connectivity index (χ1) is 13.1. The molecule has 2 amide bonds. The van der Waals surface area contributed by atoms with E-state index in [1.165, 1.54) is 28.0 Å². The van der Waals surface area contributed by atoms with Crippen LogP contribution in [-0.2, 0) is 4.79 Å². The molecule has 3 aromatic rings. The standard InChI is InChI=1S/C18H16N6O3/c25-16-10-14(24-12-19-20-21-24)6-7-15(16)18(27)22-8-9-23(17(26)11-22)13-4-2-1-3-5-13/h1-7,10,12,25H,8-9,11H2. The average molecular weight is 364 g/mol. The van der Waals surface area contributed by atoms with E-state index in [-0.39, 0.29) is 23.8 Å². The first-order valence-electron chi connectivity index (χ1n) is 8.34. The van der Waals surface area contributed by atoms with Crippen molar-refractivity contribution in [2.24, 2.45) is 0 Å². The minimum atomic E-state index is -0.392. The number of nitrogens with zero attached hydrogens (tertiary/aromatic N) is 6. The molecule has 0 unspecified atom stereocenters. The number of para-hydroxylation sites is 1. The van der Waals surface area contributed by atoms with Crippen molar-refractivity contribution in [3.05, 3.63) is 60.4 Å². The van der Waals surface area contributed by atoms with Gasteiger partial charge in [-0.3, -0.25) is 9.59 Å². The molecule has 4 rings (SSSR count). The van der Waals surface area contributed by atoms with Gasteiger partial charge >= 0.3 is 0 Å². The summed E-state index contributed by atoms with van der Waals surface area (Å²) in [6.45, 7) is 0.744. The molecule has 0 radical (unpaired) electrons. The molecule has 1 aromatic heterocycles. The Balaban J connectivity index is 1.50. The number of rotatable bonds is 3. The van der Waals surface area contributed by atoms with Gasteiger partial charge in [0.25, 0.3) is 5.91 Å². The van der Waals surface area contributed by atoms with Crippen LogP contribution >= 0.6 is 0 Å². The lowest BCUT2D eigenvalue weighted by molar-refractivity contribution is -0.120. The average Bonchev–Trinajstić information content (AvgIpc) is 3.23. The molecule has 0 spiro atoms. The second-order valence-corrected chi connectivity index (χ2v) is 6.06. The molecule has 9 nitrogen and oxygen atoms in total. The van der Waals surface area contributed by atoms with Crippen LogP contribution in [0.1, 0.15) is 10.4 Å². The lowest BCUT2D eigenvalue weighted by Crippen LogP contribution is -2.52. The minimum Gasteiger partial charge on any atom is -0.507 e. The zero-order valence-corrected chi connectivity index (χ0v) is 14.3. The largest absolute Gasteiger partial charge is 0.507 e. The molecule has 2 heterocycles. The van der Waals surface area contributed by atoms with Crippen LogP contribution in [0.15, 0.2) is 54.9 Å². The maximum Gasteiger partial charge on any atom is 0.258 e. The third-order valence-corrected chi connectivity index (χ3v) is 4.40. The van der Waals surface area contributed by atoms with Gasteiger partial charge in [-0.1, -0.05) is 18.2 Å². The monoisotopic (exact) mass is 364 g/mol. The van der Waals surface area contributed by atoms with Crippen LogP contribution in [0.25, 0.3) is 5.69 Å². The zero-order valence-electron chi connectivity index (χ0n) is 14.3. The summed E-state index contributed by atoms with van der Waals surface area (Å²) in [5.41, 5.74) is 1.47. The molecule has 0 bridgehead atoms. The Morgan fingerprint density at radius 1 is 1.04 bits per heavy atom. The zero-order chi connectivity index (χ0) is 18.8. The molecule has 1 aliphatic rings. The number of phenols is 1. The van der Waals surface area contributed by atoms with Gasteiger partial charge in [0, 0.05) is 24.8 Å². The van der Waals surface area contributed by atoms with Gasteiger partial charge in [0.2, 0.25) is 5.91 Å². The highest BCUT2D eigenvalue weighted by Crippen LogP contribution is 2.24. The van der Waals surface area contributed by atoms with E-state index in [1.54, 1.807) is 11.0 Å². The van der Waals surface area contributed by atoms with Crippen LogP contribution in [0.4, 0.5) is 5.69 Å². The van der Waals surface area contributed by atoms with Crippen molar-refractivity contribution in [1.82, 2.24) is 25.1 Å². The molecule has 0 aliphatic carbocycles. The quantitative estimate of drug-likeness (QED) is 0.739. The molecular formula is C18H16N6O3. The second-order valence-electron chi connectivity index (χ2n) is 6.06. The Kier molecular flexibility index (Phi) is 4.25. The highest BCUT2D eigenvalue weighted by Gasteiger charge is 2.29. The number of aromatic nitrogens is 4. The number of aromatic hydroxyl groups is 1. The molecule has 1 N–H and O–H groups in total. The fraction of sp³-hybridized carbons (Fsp3) is 0.167. The van der Waals surface area contributed by atoms with Gasteiger partial charge in [-0.2, -0.15) is 0 Å². The number of benzene rings is 2. The number of carbonyl (C=O) groups excluding carboxylic acids is 2. The molecule has 1 fully saturated rings. The van der Waals surface area contributed by atoms with Crippen LogP contribution in [0.3, 0.4) is 0 Å². The number of carbonyl (C=O) groups is 2. The number of amides is 2. The lowest BCUT2D eigenvalue weighted by atomic mass is 10.1. The summed E-state index contributed by atoms with van der Waals surface area (Å²) in [5, 5.41) is 21.1. The van der Waals surface area contributed by atoms with Gasteiger partial charge in [-0.15, -0.1) is 5.10 Å². The third-order valence-electron chi connectivity index (χ3n) is 4.40. The highest BCUT2D eigenvalue weighted by molar-refractivity contribution is 6.02. The normalized spacial score (nSPS) is 14.4. The van der Waals surface area contributed by atoms with Crippen LogP contribution < -0.4 is 4.90 Å². The third kappa shape index (κ3) is 3.22. The summed E-state index contributed by atoms with van der Waals surface area (Å²) < 4.78 is 1.37. The van der Waals surface area contributed by atoms with Crippen LogP contribution in [0.2, 0.25) is 0 Å².